The number of aryl methyl sites for hydroxylation is 1. The minimum Gasteiger partial charge on any atom is -0.320 e. The average molecular weight is 380 g/mol. The first-order valence-electron chi connectivity index (χ1n) is 7.54. The van der Waals surface area contributed by atoms with Gasteiger partial charge in [-0.25, -0.2) is 13.2 Å². The molecule has 0 unspecified atom stereocenters. The van der Waals surface area contributed by atoms with Gasteiger partial charge >= 0.3 is 0 Å². The Morgan fingerprint density at radius 2 is 1.92 bits per heavy atom. The van der Waals surface area contributed by atoms with Crippen LogP contribution < -0.4 is 5.32 Å². The third-order valence-electron chi connectivity index (χ3n) is 3.69. The highest BCUT2D eigenvalue weighted by Crippen LogP contribution is 2.36. The Kier molecular flexibility index (Phi) is 4.99. The minimum atomic E-state index is -2.91. The fourth-order valence-corrected chi connectivity index (χ4v) is 2.82. The summed E-state index contributed by atoms with van der Waals surface area (Å²) in [5.74, 6) is -1.39. The van der Waals surface area contributed by atoms with E-state index in [-0.39, 0.29) is 16.3 Å². The van der Waals surface area contributed by atoms with Crippen molar-refractivity contribution < 1.29 is 18.0 Å². The zero-order chi connectivity index (χ0) is 18.8. The molecule has 0 fully saturated rings. The summed E-state index contributed by atoms with van der Waals surface area (Å²) in [5, 5.41) is 6.07. The summed E-state index contributed by atoms with van der Waals surface area (Å²) in [4.78, 5) is 12.5. The molecule has 0 saturated carbocycles. The van der Waals surface area contributed by atoms with Crippen molar-refractivity contribution in [3.8, 4) is 11.1 Å². The summed E-state index contributed by atoms with van der Waals surface area (Å²) in [6, 6.07) is 11.0. The fourth-order valence-electron chi connectivity index (χ4n) is 2.57. The molecule has 3 rings (SSSR count). The van der Waals surface area contributed by atoms with Crippen LogP contribution in [0.25, 0.3) is 11.1 Å². The summed E-state index contributed by atoms with van der Waals surface area (Å²) in [6.07, 6.45) is -1.72. The topological polar surface area (TPSA) is 46.9 Å². The monoisotopic (exact) mass is 379 g/mol. The first kappa shape index (κ1) is 18.0. The number of amides is 1. The Labute approximate surface area is 152 Å². The molecule has 8 heteroatoms. The summed E-state index contributed by atoms with van der Waals surface area (Å²) < 4.78 is 41.1. The van der Waals surface area contributed by atoms with Gasteiger partial charge in [-0.1, -0.05) is 41.9 Å². The SMILES string of the molecule is Cn1cc(C(=O)Nc2c(Cl)cc(F)cc2-c2ccccc2)c(C(F)F)n1. The van der Waals surface area contributed by atoms with Crippen molar-refractivity contribution in [3.05, 3.63) is 70.8 Å². The highest BCUT2D eigenvalue weighted by atomic mass is 35.5. The van der Waals surface area contributed by atoms with Gasteiger partial charge in [-0.2, -0.15) is 5.10 Å². The number of nitrogens with zero attached hydrogens (tertiary/aromatic N) is 2. The maximum Gasteiger partial charge on any atom is 0.282 e. The van der Waals surface area contributed by atoms with Gasteiger partial charge in [-0.3, -0.25) is 9.48 Å². The standard InChI is InChI=1S/C18H13ClF3N3O/c1-25-9-13(16(24-25)17(21)22)18(26)23-15-12(7-11(20)8-14(15)19)10-5-3-2-4-6-10/h2-9,17H,1H3,(H,23,26). The van der Waals surface area contributed by atoms with Crippen LogP contribution in [0.1, 0.15) is 22.5 Å². The molecule has 0 aliphatic heterocycles. The highest BCUT2D eigenvalue weighted by Gasteiger charge is 2.24. The smallest absolute Gasteiger partial charge is 0.282 e. The first-order chi connectivity index (χ1) is 12.4. The molecule has 0 radical (unpaired) electrons. The molecule has 3 aromatic rings. The van der Waals surface area contributed by atoms with Crippen molar-refractivity contribution in [2.24, 2.45) is 7.05 Å². The lowest BCUT2D eigenvalue weighted by Crippen LogP contribution is -2.14. The van der Waals surface area contributed by atoms with Gasteiger partial charge in [-0.05, 0) is 17.7 Å². The van der Waals surface area contributed by atoms with E-state index in [0.717, 1.165) is 10.7 Å². The summed E-state index contributed by atoms with van der Waals surface area (Å²) in [5.41, 5.74) is 0.177. The van der Waals surface area contributed by atoms with Crippen molar-refractivity contribution in [1.82, 2.24) is 9.78 Å². The molecule has 1 aromatic heterocycles. The van der Waals surface area contributed by atoms with Crippen LogP contribution in [0.15, 0.2) is 48.7 Å². The van der Waals surface area contributed by atoms with E-state index in [1.165, 1.54) is 19.3 Å². The number of rotatable bonds is 4. The van der Waals surface area contributed by atoms with Gasteiger partial charge < -0.3 is 5.32 Å². The number of hydrogen-bond acceptors (Lipinski definition) is 2. The zero-order valence-electron chi connectivity index (χ0n) is 13.5. The Bertz CT molecular complexity index is 958. The third kappa shape index (κ3) is 3.57. The van der Waals surface area contributed by atoms with Gasteiger partial charge in [0.25, 0.3) is 12.3 Å². The number of carbonyl (C=O) groups is 1. The second-order valence-corrected chi connectivity index (χ2v) is 5.94. The lowest BCUT2D eigenvalue weighted by molar-refractivity contribution is 0.101. The van der Waals surface area contributed by atoms with Gasteiger partial charge in [0.05, 0.1) is 16.3 Å². The molecule has 0 aliphatic carbocycles. The Morgan fingerprint density at radius 1 is 1.23 bits per heavy atom. The average Bonchev–Trinajstić information content (AvgIpc) is 3.00. The Balaban J connectivity index is 2.04. The first-order valence-corrected chi connectivity index (χ1v) is 7.92. The maximum atomic E-state index is 13.8. The quantitative estimate of drug-likeness (QED) is 0.688. The van der Waals surface area contributed by atoms with E-state index in [9.17, 15) is 18.0 Å². The van der Waals surface area contributed by atoms with Crippen LogP contribution in [-0.4, -0.2) is 15.7 Å². The summed E-state index contributed by atoms with van der Waals surface area (Å²) in [7, 11) is 1.43. The van der Waals surface area contributed by atoms with Crippen LogP contribution in [0.3, 0.4) is 0 Å². The lowest BCUT2D eigenvalue weighted by atomic mass is 10.0. The normalized spacial score (nSPS) is 11.0. The van der Waals surface area contributed by atoms with Crippen LogP contribution in [0.5, 0.6) is 0 Å². The fraction of sp³-hybridized carbons (Fsp3) is 0.111. The number of halogens is 4. The van der Waals surface area contributed by atoms with Gasteiger partial charge in [0.1, 0.15) is 11.5 Å². The van der Waals surface area contributed by atoms with Gasteiger partial charge in [0.15, 0.2) is 0 Å². The molecule has 1 amide bonds. The second kappa shape index (κ2) is 7.21. The van der Waals surface area contributed by atoms with Gasteiger partial charge in [-0.15, -0.1) is 0 Å². The predicted molar refractivity (Wildman–Crippen MR) is 93.0 cm³/mol. The highest BCUT2D eigenvalue weighted by molar-refractivity contribution is 6.34. The van der Waals surface area contributed by atoms with E-state index in [0.29, 0.717) is 11.1 Å². The van der Waals surface area contributed by atoms with E-state index in [1.807, 2.05) is 0 Å². The molecule has 0 saturated heterocycles. The van der Waals surface area contributed by atoms with Gasteiger partial charge in [0.2, 0.25) is 0 Å². The molecular formula is C18H13ClF3N3O. The van der Waals surface area contributed by atoms with E-state index >= 15 is 0 Å². The molecule has 0 bridgehead atoms. The minimum absolute atomic E-state index is 0.0420. The van der Waals surface area contributed by atoms with E-state index in [1.54, 1.807) is 30.3 Å². The molecule has 1 N–H and O–H groups in total. The van der Waals surface area contributed by atoms with Crippen molar-refractivity contribution in [2.75, 3.05) is 5.32 Å². The molecule has 26 heavy (non-hydrogen) atoms. The number of carbonyl (C=O) groups excluding carboxylic acids is 1. The third-order valence-corrected chi connectivity index (χ3v) is 3.99. The largest absolute Gasteiger partial charge is 0.320 e. The Hall–Kier alpha value is -2.80. The van der Waals surface area contributed by atoms with E-state index in [4.69, 9.17) is 11.6 Å². The summed E-state index contributed by atoms with van der Waals surface area (Å²) >= 11 is 6.10. The molecular weight excluding hydrogens is 367 g/mol. The zero-order valence-corrected chi connectivity index (χ0v) is 14.3. The summed E-state index contributed by atoms with van der Waals surface area (Å²) in [6.45, 7) is 0. The van der Waals surface area contributed by atoms with Crippen LogP contribution in [0, 0.1) is 5.82 Å². The second-order valence-electron chi connectivity index (χ2n) is 5.53. The molecule has 2 aromatic carbocycles. The van der Waals surface area contributed by atoms with Crippen molar-refractivity contribution in [1.29, 1.82) is 0 Å². The van der Waals surface area contributed by atoms with Crippen LogP contribution in [0.2, 0.25) is 5.02 Å². The van der Waals surface area contributed by atoms with E-state index < -0.39 is 23.8 Å². The predicted octanol–water partition coefficient (Wildman–Crippen LogP) is 5.07. The van der Waals surface area contributed by atoms with Crippen molar-refractivity contribution >= 4 is 23.2 Å². The van der Waals surface area contributed by atoms with E-state index in [2.05, 4.69) is 10.4 Å². The number of benzene rings is 2. The Morgan fingerprint density at radius 3 is 2.58 bits per heavy atom. The van der Waals surface area contributed by atoms with Crippen LogP contribution in [-0.2, 0) is 7.05 Å². The number of hydrogen-bond donors (Lipinski definition) is 1. The van der Waals surface area contributed by atoms with Crippen LogP contribution >= 0.6 is 11.6 Å². The van der Waals surface area contributed by atoms with Crippen molar-refractivity contribution in [2.45, 2.75) is 6.43 Å². The van der Waals surface area contributed by atoms with Crippen LogP contribution in [0.4, 0.5) is 18.9 Å². The molecule has 0 aliphatic rings. The number of alkyl halides is 2. The van der Waals surface area contributed by atoms with Gasteiger partial charge in [0, 0.05) is 18.8 Å². The number of aromatic nitrogens is 2. The molecule has 1 heterocycles. The number of anilines is 1. The van der Waals surface area contributed by atoms with Crippen molar-refractivity contribution in [3.63, 3.8) is 0 Å². The molecule has 0 atom stereocenters. The maximum absolute atomic E-state index is 13.8. The molecule has 134 valence electrons. The molecule has 0 spiro atoms. The number of nitrogens with one attached hydrogen (secondary N) is 1. The molecule has 4 nitrogen and oxygen atoms in total. The lowest BCUT2D eigenvalue weighted by Gasteiger charge is -2.13.